The lowest BCUT2D eigenvalue weighted by atomic mass is 10.2. The number of hydrogen-bond donors (Lipinski definition) is 0. The minimum Gasteiger partial charge on any atom is -0.472 e. The molecular weight excluding hydrogens is 312 g/mol. The zero-order valence-corrected chi connectivity index (χ0v) is 13.8. The number of aromatic nitrogens is 2. The van der Waals surface area contributed by atoms with Crippen LogP contribution in [0.15, 0.2) is 29.1 Å². The van der Waals surface area contributed by atoms with Gasteiger partial charge in [0.05, 0.1) is 36.3 Å². The number of nitrogens with zero attached hydrogens (tertiary/aromatic N) is 4. The Hall–Kier alpha value is -1.73. The zero-order chi connectivity index (χ0) is 15.6. The van der Waals surface area contributed by atoms with Crippen molar-refractivity contribution in [2.45, 2.75) is 19.6 Å². The SMILES string of the molecule is O=C(c1ccoc1)N1CCn2nc(CN3CCSCC3)cc2C1. The van der Waals surface area contributed by atoms with Crippen molar-refractivity contribution >= 4 is 17.7 Å². The number of thioether (sulfide) groups is 1. The molecule has 0 saturated carbocycles. The molecule has 4 heterocycles. The third-order valence-corrected chi connectivity index (χ3v) is 5.34. The molecule has 0 radical (unpaired) electrons. The molecule has 4 rings (SSSR count). The lowest BCUT2D eigenvalue weighted by molar-refractivity contribution is 0.0705. The Morgan fingerprint density at radius 1 is 1.26 bits per heavy atom. The van der Waals surface area contributed by atoms with Crippen LogP contribution in [0, 0.1) is 0 Å². The highest BCUT2D eigenvalue weighted by atomic mass is 32.2. The summed E-state index contributed by atoms with van der Waals surface area (Å²) in [6.45, 7) is 5.26. The van der Waals surface area contributed by atoms with Crippen LogP contribution in [0.3, 0.4) is 0 Å². The largest absolute Gasteiger partial charge is 0.472 e. The van der Waals surface area contributed by atoms with Crippen LogP contribution in [0.4, 0.5) is 0 Å². The molecule has 7 heteroatoms. The standard InChI is InChI=1S/C16H20N4O2S/c21-16(13-1-6-22-12-13)19-2-3-20-15(11-19)9-14(17-20)10-18-4-7-23-8-5-18/h1,6,9,12H,2-5,7-8,10-11H2. The summed E-state index contributed by atoms with van der Waals surface area (Å²) in [6.07, 6.45) is 3.05. The van der Waals surface area contributed by atoms with Gasteiger partial charge in [0.1, 0.15) is 6.26 Å². The van der Waals surface area contributed by atoms with Gasteiger partial charge < -0.3 is 9.32 Å². The van der Waals surface area contributed by atoms with E-state index in [2.05, 4.69) is 11.0 Å². The zero-order valence-electron chi connectivity index (χ0n) is 13.0. The first-order valence-corrected chi connectivity index (χ1v) is 9.12. The van der Waals surface area contributed by atoms with E-state index in [1.807, 2.05) is 21.3 Å². The van der Waals surface area contributed by atoms with Crippen LogP contribution in [0.25, 0.3) is 0 Å². The Morgan fingerprint density at radius 3 is 2.91 bits per heavy atom. The van der Waals surface area contributed by atoms with E-state index in [1.54, 1.807) is 6.07 Å². The van der Waals surface area contributed by atoms with Crippen LogP contribution < -0.4 is 0 Å². The van der Waals surface area contributed by atoms with Gasteiger partial charge in [-0.2, -0.15) is 16.9 Å². The summed E-state index contributed by atoms with van der Waals surface area (Å²) in [5.74, 6) is 2.45. The molecule has 0 spiro atoms. The molecule has 1 amide bonds. The summed E-state index contributed by atoms with van der Waals surface area (Å²) >= 11 is 2.02. The van der Waals surface area contributed by atoms with Gasteiger partial charge in [0.25, 0.3) is 5.91 Å². The number of carbonyl (C=O) groups is 1. The van der Waals surface area contributed by atoms with Crippen LogP contribution in [0.5, 0.6) is 0 Å². The Morgan fingerprint density at radius 2 is 2.13 bits per heavy atom. The van der Waals surface area contributed by atoms with Crippen molar-refractivity contribution in [3.63, 3.8) is 0 Å². The summed E-state index contributed by atoms with van der Waals surface area (Å²) in [6, 6.07) is 3.87. The number of fused-ring (bicyclic) bond motifs is 1. The fourth-order valence-electron chi connectivity index (χ4n) is 3.13. The average molecular weight is 332 g/mol. The van der Waals surface area contributed by atoms with Crippen molar-refractivity contribution in [3.8, 4) is 0 Å². The Labute approximate surface area is 139 Å². The average Bonchev–Trinajstić information content (AvgIpc) is 3.23. The Kier molecular flexibility index (Phi) is 4.13. The molecule has 0 atom stereocenters. The maximum Gasteiger partial charge on any atom is 0.257 e. The highest BCUT2D eigenvalue weighted by Crippen LogP contribution is 2.18. The first-order chi connectivity index (χ1) is 11.3. The molecule has 23 heavy (non-hydrogen) atoms. The van der Waals surface area contributed by atoms with E-state index in [0.29, 0.717) is 18.7 Å². The maximum absolute atomic E-state index is 12.4. The molecule has 0 unspecified atom stereocenters. The molecular formula is C16H20N4O2S. The van der Waals surface area contributed by atoms with E-state index in [1.165, 1.54) is 24.0 Å². The normalized spacial score (nSPS) is 18.9. The first kappa shape index (κ1) is 14.8. The second-order valence-corrected chi connectivity index (χ2v) is 7.20. The van der Waals surface area contributed by atoms with Gasteiger partial charge in [-0.15, -0.1) is 0 Å². The lowest BCUT2D eigenvalue weighted by Gasteiger charge is -2.27. The predicted molar refractivity (Wildman–Crippen MR) is 88.3 cm³/mol. The number of amides is 1. The van der Waals surface area contributed by atoms with E-state index in [0.717, 1.165) is 37.6 Å². The molecule has 0 aromatic carbocycles. The van der Waals surface area contributed by atoms with Gasteiger partial charge in [-0.1, -0.05) is 0 Å². The van der Waals surface area contributed by atoms with Gasteiger partial charge in [-0.05, 0) is 12.1 Å². The molecule has 6 nitrogen and oxygen atoms in total. The fraction of sp³-hybridized carbons (Fsp3) is 0.500. The Balaban J connectivity index is 1.44. The molecule has 2 aromatic rings. The van der Waals surface area contributed by atoms with E-state index >= 15 is 0 Å². The lowest BCUT2D eigenvalue weighted by Crippen LogP contribution is -2.38. The molecule has 2 aliphatic rings. The van der Waals surface area contributed by atoms with Crippen molar-refractivity contribution in [3.05, 3.63) is 41.6 Å². The summed E-state index contributed by atoms with van der Waals surface area (Å²) in [7, 11) is 0. The van der Waals surface area contributed by atoms with Gasteiger partial charge >= 0.3 is 0 Å². The highest BCUT2D eigenvalue weighted by Gasteiger charge is 2.24. The van der Waals surface area contributed by atoms with Crippen LogP contribution in [-0.2, 0) is 19.6 Å². The van der Waals surface area contributed by atoms with E-state index < -0.39 is 0 Å². The van der Waals surface area contributed by atoms with Gasteiger partial charge in [0, 0.05) is 37.7 Å². The molecule has 0 bridgehead atoms. The van der Waals surface area contributed by atoms with Crippen molar-refractivity contribution in [1.82, 2.24) is 19.6 Å². The second kappa shape index (κ2) is 6.41. The first-order valence-electron chi connectivity index (χ1n) is 7.97. The molecule has 0 aliphatic carbocycles. The quantitative estimate of drug-likeness (QED) is 0.856. The van der Waals surface area contributed by atoms with Crippen molar-refractivity contribution < 1.29 is 9.21 Å². The van der Waals surface area contributed by atoms with Crippen molar-refractivity contribution in [1.29, 1.82) is 0 Å². The van der Waals surface area contributed by atoms with Crippen LogP contribution >= 0.6 is 11.8 Å². The van der Waals surface area contributed by atoms with Gasteiger partial charge in [-0.25, -0.2) is 0 Å². The molecule has 122 valence electrons. The monoisotopic (exact) mass is 332 g/mol. The van der Waals surface area contributed by atoms with E-state index in [4.69, 9.17) is 9.52 Å². The number of hydrogen-bond acceptors (Lipinski definition) is 5. The molecule has 2 aromatic heterocycles. The fourth-order valence-corrected chi connectivity index (χ4v) is 4.11. The van der Waals surface area contributed by atoms with Crippen molar-refractivity contribution in [2.24, 2.45) is 0 Å². The van der Waals surface area contributed by atoms with E-state index in [9.17, 15) is 4.79 Å². The summed E-state index contributed by atoms with van der Waals surface area (Å²) in [5, 5.41) is 4.71. The minimum atomic E-state index is 0.0285. The van der Waals surface area contributed by atoms with Crippen molar-refractivity contribution in [2.75, 3.05) is 31.1 Å². The molecule has 2 aliphatic heterocycles. The van der Waals surface area contributed by atoms with Gasteiger partial charge in [-0.3, -0.25) is 14.4 Å². The molecule has 0 N–H and O–H groups in total. The van der Waals surface area contributed by atoms with Gasteiger partial charge in [0.15, 0.2) is 0 Å². The topological polar surface area (TPSA) is 54.5 Å². The van der Waals surface area contributed by atoms with Crippen LogP contribution in [0.2, 0.25) is 0 Å². The Bertz CT molecular complexity index is 676. The molecule has 1 saturated heterocycles. The summed E-state index contributed by atoms with van der Waals surface area (Å²) in [5.41, 5.74) is 2.85. The molecule has 1 fully saturated rings. The van der Waals surface area contributed by atoms with E-state index in [-0.39, 0.29) is 5.91 Å². The minimum absolute atomic E-state index is 0.0285. The maximum atomic E-state index is 12.4. The third kappa shape index (κ3) is 3.16. The number of furan rings is 1. The smallest absolute Gasteiger partial charge is 0.257 e. The summed E-state index contributed by atoms with van der Waals surface area (Å²) < 4.78 is 7.06. The third-order valence-electron chi connectivity index (χ3n) is 4.39. The highest BCUT2D eigenvalue weighted by molar-refractivity contribution is 7.99. The second-order valence-electron chi connectivity index (χ2n) is 5.98. The number of rotatable bonds is 3. The van der Waals surface area contributed by atoms with Gasteiger partial charge in [0.2, 0.25) is 0 Å². The number of carbonyl (C=O) groups excluding carboxylic acids is 1. The van der Waals surface area contributed by atoms with Crippen LogP contribution in [0.1, 0.15) is 21.7 Å². The predicted octanol–water partition coefficient (Wildman–Crippen LogP) is 1.68. The summed E-state index contributed by atoms with van der Waals surface area (Å²) in [4.78, 5) is 16.7. The van der Waals surface area contributed by atoms with Crippen LogP contribution in [-0.4, -0.2) is 56.6 Å².